The number of benzene rings is 2. The molecule has 0 fully saturated rings. The van der Waals surface area contributed by atoms with E-state index in [1.54, 1.807) is 43.4 Å². The van der Waals surface area contributed by atoms with Crippen molar-refractivity contribution in [2.75, 3.05) is 12.4 Å². The molecule has 0 aromatic heterocycles. The lowest BCUT2D eigenvalue weighted by Gasteiger charge is -2.07. The fourth-order valence-corrected chi connectivity index (χ4v) is 2.26. The second-order valence-electron chi connectivity index (χ2n) is 4.12. The molecule has 0 bridgehead atoms. The molecular formula is C15H13IN2O2. The minimum atomic E-state index is -0.197. The standard InChI is InChI=1S/C15H13IN2O2/c1-17-14(19)11-5-3-7-13(9-11)18-15(20)10-4-2-6-12(16)8-10/h2-9H,1H3,(H,17,19)(H,18,20). The Labute approximate surface area is 130 Å². The lowest BCUT2D eigenvalue weighted by Crippen LogP contribution is -2.18. The first-order chi connectivity index (χ1) is 9.60. The first-order valence-electron chi connectivity index (χ1n) is 5.99. The average Bonchev–Trinajstić information content (AvgIpc) is 2.46. The molecular weight excluding hydrogens is 367 g/mol. The van der Waals surface area contributed by atoms with Gasteiger partial charge in [-0.1, -0.05) is 12.1 Å². The summed E-state index contributed by atoms with van der Waals surface area (Å²) in [6.45, 7) is 0. The van der Waals surface area contributed by atoms with Crippen molar-refractivity contribution in [3.63, 3.8) is 0 Å². The zero-order chi connectivity index (χ0) is 14.5. The number of carbonyl (C=O) groups excluding carboxylic acids is 2. The summed E-state index contributed by atoms with van der Waals surface area (Å²) in [7, 11) is 1.57. The summed E-state index contributed by atoms with van der Waals surface area (Å²) in [5.41, 5.74) is 1.69. The summed E-state index contributed by atoms with van der Waals surface area (Å²) in [6.07, 6.45) is 0. The molecule has 0 radical (unpaired) electrons. The fourth-order valence-electron chi connectivity index (χ4n) is 1.72. The number of halogens is 1. The molecule has 5 heteroatoms. The van der Waals surface area contributed by atoms with Crippen LogP contribution in [0.15, 0.2) is 48.5 Å². The van der Waals surface area contributed by atoms with Gasteiger partial charge in [-0.3, -0.25) is 9.59 Å². The van der Waals surface area contributed by atoms with Crippen LogP contribution in [-0.2, 0) is 0 Å². The number of nitrogens with one attached hydrogen (secondary N) is 2. The summed E-state index contributed by atoms with van der Waals surface area (Å²) < 4.78 is 0.995. The maximum absolute atomic E-state index is 12.1. The molecule has 0 saturated heterocycles. The van der Waals surface area contributed by atoms with Gasteiger partial charge in [0.25, 0.3) is 11.8 Å². The van der Waals surface area contributed by atoms with Crippen molar-refractivity contribution in [3.8, 4) is 0 Å². The molecule has 20 heavy (non-hydrogen) atoms. The van der Waals surface area contributed by atoms with E-state index in [-0.39, 0.29) is 11.8 Å². The molecule has 2 N–H and O–H groups in total. The average molecular weight is 380 g/mol. The van der Waals surface area contributed by atoms with Gasteiger partial charge in [-0.25, -0.2) is 0 Å². The maximum Gasteiger partial charge on any atom is 0.255 e. The highest BCUT2D eigenvalue weighted by Gasteiger charge is 2.08. The van der Waals surface area contributed by atoms with Gasteiger partial charge >= 0.3 is 0 Å². The highest BCUT2D eigenvalue weighted by Crippen LogP contribution is 2.14. The zero-order valence-electron chi connectivity index (χ0n) is 10.8. The minimum Gasteiger partial charge on any atom is -0.355 e. The Morgan fingerprint density at radius 3 is 2.25 bits per heavy atom. The zero-order valence-corrected chi connectivity index (χ0v) is 13.0. The second kappa shape index (κ2) is 6.51. The van der Waals surface area contributed by atoms with Crippen LogP contribution in [0, 0.1) is 3.57 Å². The van der Waals surface area contributed by atoms with Gasteiger partial charge in [0.1, 0.15) is 0 Å². The Hall–Kier alpha value is -1.89. The number of amides is 2. The third kappa shape index (κ3) is 3.57. The number of hydrogen-bond donors (Lipinski definition) is 2. The van der Waals surface area contributed by atoms with E-state index >= 15 is 0 Å². The van der Waals surface area contributed by atoms with Crippen molar-refractivity contribution >= 4 is 40.1 Å². The second-order valence-corrected chi connectivity index (χ2v) is 5.37. The van der Waals surface area contributed by atoms with Crippen LogP contribution >= 0.6 is 22.6 Å². The highest BCUT2D eigenvalue weighted by molar-refractivity contribution is 14.1. The van der Waals surface area contributed by atoms with E-state index in [1.807, 2.05) is 12.1 Å². The van der Waals surface area contributed by atoms with Gasteiger partial charge in [-0.05, 0) is 59.0 Å². The Morgan fingerprint density at radius 1 is 0.950 bits per heavy atom. The van der Waals surface area contributed by atoms with E-state index in [0.29, 0.717) is 16.8 Å². The molecule has 0 heterocycles. The van der Waals surface area contributed by atoms with Crippen LogP contribution in [0.5, 0.6) is 0 Å². The third-order valence-corrected chi connectivity index (χ3v) is 3.37. The molecule has 0 unspecified atom stereocenters. The highest BCUT2D eigenvalue weighted by atomic mass is 127. The van der Waals surface area contributed by atoms with Crippen LogP contribution in [0.2, 0.25) is 0 Å². The van der Waals surface area contributed by atoms with E-state index in [4.69, 9.17) is 0 Å². The van der Waals surface area contributed by atoms with Crippen LogP contribution in [0.1, 0.15) is 20.7 Å². The van der Waals surface area contributed by atoms with Gasteiger partial charge in [0.15, 0.2) is 0 Å². The van der Waals surface area contributed by atoms with E-state index in [2.05, 4.69) is 33.2 Å². The fraction of sp³-hybridized carbons (Fsp3) is 0.0667. The van der Waals surface area contributed by atoms with Crippen molar-refractivity contribution in [2.24, 2.45) is 0 Å². The molecule has 2 aromatic rings. The van der Waals surface area contributed by atoms with Crippen molar-refractivity contribution in [3.05, 3.63) is 63.2 Å². The van der Waals surface area contributed by atoms with Crippen molar-refractivity contribution in [1.82, 2.24) is 5.32 Å². The summed E-state index contributed by atoms with van der Waals surface area (Å²) in [5, 5.41) is 5.33. The lowest BCUT2D eigenvalue weighted by molar-refractivity contribution is 0.0961. The van der Waals surface area contributed by atoms with E-state index < -0.39 is 0 Å². The number of rotatable bonds is 3. The summed E-state index contributed by atoms with van der Waals surface area (Å²) in [6, 6.07) is 14.1. The first-order valence-corrected chi connectivity index (χ1v) is 7.07. The number of carbonyl (C=O) groups is 2. The van der Waals surface area contributed by atoms with Crippen LogP contribution in [0.25, 0.3) is 0 Å². The van der Waals surface area contributed by atoms with Crippen LogP contribution in [0.4, 0.5) is 5.69 Å². The quantitative estimate of drug-likeness (QED) is 0.805. The van der Waals surface area contributed by atoms with Crippen LogP contribution < -0.4 is 10.6 Å². The Kier molecular flexibility index (Phi) is 4.73. The first kappa shape index (κ1) is 14.5. The molecule has 0 saturated carbocycles. The maximum atomic E-state index is 12.1. The van der Waals surface area contributed by atoms with Gasteiger partial charge in [0.2, 0.25) is 0 Å². The normalized spacial score (nSPS) is 9.90. The number of anilines is 1. The van der Waals surface area contributed by atoms with Gasteiger partial charge in [0.05, 0.1) is 0 Å². The van der Waals surface area contributed by atoms with E-state index in [0.717, 1.165) is 3.57 Å². The van der Waals surface area contributed by atoms with Crippen molar-refractivity contribution in [1.29, 1.82) is 0 Å². The predicted molar refractivity (Wildman–Crippen MR) is 86.9 cm³/mol. The summed E-state index contributed by atoms with van der Waals surface area (Å²) in [4.78, 5) is 23.6. The van der Waals surface area contributed by atoms with Gasteiger partial charge < -0.3 is 10.6 Å². The third-order valence-electron chi connectivity index (χ3n) is 2.70. The molecule has 2 aromatic carbocycles. The smallest absolute Gasteiger partial charge is 0.255 e. The van der Waals surface area contributed by atoms with Gasteiger partial charge in [-0.15, -0.1) is 0 Å². The van der Waals surface area contributed by atoms with Crippen molar-refractivity contribution in [2.45, 2.75) is 0 Å². The summed E-state index contributed by atoms with van der Waals surface area (Å²) in [5.74, 6) is -0.382. The van der Waals surface area contributed by atoms with Crippen LogP contribution in [0.3, 0.4) is 0 Å². The topological polar surface area (TPSA) is 58.2 Å². The molecule has 0 atom stereocenters. The summed E-state index contributed by atoms with van der Waals surface area (Å²) >= 11 is 2.16. The monoisotopic (exact) mass is 380 g/mol. The Bertz CT molecular complexity index is 656. The molecule has 102 valence electrons. The molecule has 0 aliphatic carbocycles. The molecule has 0 spiro atoms. The molecule has 0 aliphatic rings. The molecule has 4 nitrogen and oxygen atoms in total. The Morgan fingerprint density at radius 2 is 1.60 bits per heavy atom. The SMILES string of the molecule is CNC(=O)c1cccc(NC(=O)c2cccc(I)c2)c1. The number of hydrogen-bond acceptors (Lipinski definition) is 2. The lowest BCUT2D eigenvalue weighted by atomic mass is 10.1. The largest absolute Gasteiger partial charge is 0.355 e. The van der Waals surface area contributed by atoms with Crippen LogP contribution in [-0.4, -0.2) is 18.9 Å². The van der Waals surface area contributed by atoms with Gasteiger partial charge in [-0.2, -0.15) is 0 Å². The van der Waals surface area contributed by atoms with Crippen molar-refractivity contribution < 1.29 is 9.59 Å². The van der Waals surface area contributed by atoms with E-state index in [1.165, 1.54) is 0 Å². The predicted octanol–water partition coefficient (Wildman–Crippen LogP) is 2.90. The van der Waals surface area contributed by atoms with Gasteiger partial charge in [0, 0.05) is 27.4 Å². The molecule has 2 amide bonds. The van der Waals surface area contributed by atoms with E-state index in [9.17, 15) is 9.59 Å². The Balaban J connectivity index is 2.18. The molecule has 2 rings (SSSR count). The minimum absolute atomic E-state index is 0.185. The molecule has 0 aliphatic heterocycles.